The third-order valence-corrected chi connectivity index (χ3v) is 7.20. The molecular formula is C30H27NO11. The van der Waals surface area contributed by atoms with Crippen molar-refractivity contribution in [2.75, 3.05) is 47.7 Å². The Kier molecular flexibility index (Phi) is 6.81. The van der Waals surface area contributed by atoms with Crippen molar-refractivity contribution in [2.45, 2.75) is 12.0 Å². The van der Waals surface area contributed by atoms with Crippen molar-refractivity contribution >= 4 is 22.6 Å². The molecule has 1 N–H and O–H groups in total. The van der Waals surface area contributed by atoms with Crippen LogP contribution in [-0.2, 0) is 4.79 Å². The van der Waals surface area contributed by atoms with Crippen LogP contribution in [0.15, 0.2) is 51.7 Å². The Balaban J connectivity index is 1.52. The molecule has 0 unspecified atom stereocenters. The predicted octanol–water partition coefficient (Wildman–Crippen LogP) is 4.10. The lowest BCUT2D eigenvalue weighted by molar-refractivity contribution is -0.122. The third kappa shape index (κ3) is 4.14. The number of nitrogens with one attached hydrogen (secondary N) is 1. The number of carbonyl (C=O) groups excluding carboxylic acids is 1. The van der Waals surface area contributed by atoms with Crippen LogP contribution in [0.4, 0.5) is 5.69 Å². The third-order valence-electron chi connectivity index (χ3n) is 7.20. The molecule has 218 valence electrons. The highest BCUT2D eigenvalue weighted by atomic mass is 16.7. The van der Waals surface area contributed by atoms with E-state index in [1.165, 1.54) is 35.5 Å². The number of amides is 1. The Morgan fingerprint density at radius 1 is 0.810 bits per heavy atom. The van der Waals surface area contributed by atoms with Gasteiger partial charge in [-0.1, -0.05) is 12.1 Å². The summed E-state index contributed by atoms with van der Waals surface area (Å²) in [5, 5.41) is 3.40. The van der Waals surface area contributed by atoms with Gasteiger partial charge in [-0.2, -0.15) is 0 Å². The summed E-state index contributed by atoms with van der Waals surface area (Å²) in [6.45, 7) is -0.0545. The van der Waals surface area contributed by atoms with Gasteiger partial charge in [-0.25, -0.2) is 4.79 Å². The van der Waals surface area contributed by atoms with E-state index in [0.29, 0.717) is 51.0 Å². The van der Waals surface area contributed by atoms with Crippen LogP contribution in [0.2, 0.25) is 0 Å². The average molecular weight is 578 g/mol. The number of carbonyl (C=O) groups is 1. The van der Waals surface area contributed by atoms with Crippen molar-refractivity contribution in [3.63, 3.8) is 0 Å². The first-order chi connectivity index (χ1) is 20.4. The first-order valence-corrected chi connectivity index (χ1v) is 12.8. The van der Waals surface area contributed by atoms with E-state index in [0.717, 1.165) is 0 Å². The monoisotopic (exact) mass is 577 g/mol. The minimum atomic E-state index is -1.24. The molecule has 2 atom stereocenters. The highest BCUT2D eigenvalue weighted by Crippen LogP contribution is 2.55. The van der Waals surface area contributed by atoms with Gasteiger partial charge in [-0.05, 0) is 18.2 Å². The molecule has 2 aliphatic heterocycles. The van der Waals surface area contributed by atoms with Crippen molar-refractivity contribution in [3.8, 4) is 46.0 Å². The molecule has 1 amide bonds. The molecule has 0 saturated heterocycles. The summed E-state index contributed by atoms with van der Waals surface area (Å²) in [5.74, 6) is 0.964. The molecule has 3 aromatic carbocycles. The summed E-state index contributed by atoms with van der Waals surface area (Å²) in [6, 6.07) is 11.8. The van der Waals surface area contributed by atoms with Gasteiger partial charge < -0.3 is 47.6 Å². The predicted molar refractivity (Wildman–Crippen MR) is 149 cm³/mol. The minimum Gasteiger partial charge on any atom is -0.493 e. The molecule has 4 aromatic rings. The Hall–Kier alpha value is -5.26. The van der Waals surface area contributed by atoms with Crippen molar-refractivity contribution in [1.29, 1.82) is 0 Å². The van der Waals surface area contributed by atoms with Gasteiger partial charge >= 0.3 is 5.63 Å². The number of rotatable bonds is 8. The normalized spacial score (nSPS) is 16.4. The van der Waals surface area contributed by atoms with Gasteiger partial charge in [0.25, 0.3) is 5.91 Å². The Labute approximate surface area is 239 Å². The van der Waals surface area contributed by atoms with Crippen LogP contribution in [-0.4, -0.2) is 54.4 Å². The van der Waals surface area contributed by atoms with Gasteiger partial charge in [-0.15, -0.1) is 0 Å². The summed E-state index contributed by atoms with van der Waals surface area (Å²) in [6.07, 6.45) is -1.24. The highest BCUT2D eigenvalue weighted by Gasteiger charge is 2.47. The van der Waals surface area contributed by atoms with E-state index in [1.807, 2.05) is 0 Å². The number of fused-ring (bicyclic) bond motifs is 4. The van der Waals surface area contributed by atoms with E-state index in [1.54, 1.807) is 42.5 Å². The topological polar surface area (TPSA) is 133 Å². The van der Waals surface area contributed by atoms with Gasteiger partial charge in [-0.3, -0.25) is 4.79 Å². The molecule has 2 aliphatic rings. The summed E-state index contributed by atoms with van der Waals surface area (Å²) in [7, 11) is 7.36. The van der Waals surface area contributed by atoms with Crippen LogP contribution in [0.1, 0.15) is 17.0 Å². The second-order valence-electron chi connectivity index (χ2n) is 9.31. The van der Waals surface area contributed by atoms with E-state index in [9.17, 15) is 9.59 Å². The number of methoxy groups -OCH3 is 5. The van der Waals surface area contributed by atoms with Gasteiger partial charge in [0, 0.05) is 23.4 Å². The largest absolute Gasteiger partial charge is 0.493 e. The molecule has 42 heavy (non-hydrogen) atoms. The van der Waals surface area contributed by atoms with Crippen molar-refractivity contribution in [3.05, 3.63) is 64.0 Å². The number of benzene rings is 3. The molecule has 12 heteroatoms. The molecule has 0 bridgehead atoms. The molecule has 6 rings (SSSR count). The lowest BCUT2D eigenvalue weighted by atomic mass is 9.87. The van der Waals surface area contributed by atoms with E-state index >= 15 is 0 Å². The zero-order chi connectivity index (χ0) is 29.5. The van der Waals surface area contributed by atoms with E-state index < -0.39 is 23.6 Å². The lowest BCUT2D eigenvalue weighted by Crippen LogP contribution is -2.35. The van der Waals surface area contributed by atoms with E-state index in [4.69, 9.17) is 42.3 Å². The molecule has 12 nitrogen and oxygen atoms in total. The van der Waals surface area contributed by atoms with Gasteiger partial charge in [0.1, 0.15) is 11.3 Å². The maximum atomic E-state index is 14.0. The first-order valence-electron chi connectivity index (χ1n) is 12.8. The molecular weight excluding hydrogens is 550 g/mol. The number of ether oxygens (including phenoxy) is 8. The molecule has 3 heterocycles. The van der Waals surface area contributed by atoms with Crippen LogP contribution < -0.4 is 48.8 Å². The number of hydrogen-bond acceptors (Lipinski definition) is 11. The quantitative estimate of drug-likeness (QED) is 0.304. The second-order valence-corrected chi connectivity index (χ2v) is 9.31. The fourth-order valence-electron chi connectivity index (χ4n) is 5.39. The Morgan fingerprint density at radius 2 is 1.48 bits per heavy atom. The van der Waals surface area contributed by atoms with E-state index in [-0.39, 0.29) is 29.6 Å². The van der Waals surface area contributed by atoms with Crippen LogP contribution in [0.5, 0.6) is 46.0 Å². The molecule has 0 radical (unpaired) electrons. The average Bonchev–Trinajstić information content (AvgIpc) is 3.66. The summed E-state index contributed by atoms with van der Waals surface area (Å²) in [4.78, 5) is 27.6. The van der Waals surface area contributed by atoms with Crippen molar-refractivity contribution < 1.29 is 47.1 Å². The number of para-hydroxylation sites is 1. The number of anilines is 1. The standard InChI is InChI=1S/C30H27NO11/c1-34-18-10-14(11-19(35-2)25(18)38-5)31-29(32)27-21(16-12-20(36-3)26-28(24(16)37-4)40-13-39-26)22-23(42-27)15-8-6-7-9-17(15)41-30(22)33/h6-12,21,27H,13H2,1-5H3,(H,31,32)/t21-,27+/m0/s1. The van der Waals surface area contributed by atoms with Gasteiger partial charge in [0.2, 0.25) is 24.0 Å². The fourth-order valence-corrected chi connectivity index (χ4v) is 5.39. The zero-order valence-corrected chi connectivity index (χ0v) is 23.4. The van der Waals surface area contributed by atoms with Gasteiger partial charge in [0.05, 0.1) is 52.4 Å². The molecule has 1 aromatic heterocycles. The zero-order valence-electron chi connectivity index (χ0n) is 23.4. The van der Waals surface area contributed by atoms with Crippen LogP contribution >= 0.6 is 0 Å². The van der Waals surface area contributed by atoms with Gasteiger partial charge in [0.15, 0.2) is 29.1 Å². The van der Waals surface area contributed by atoms with Crippen LogP contribution in [0.3, 0.4) is 0 Å². The van der Waals surface area contributed by atoms with E-state index in [2.05, 4.69) is 5.32 Å². The molecule has 0 saturated carbocycles. The van der Waals surface area contributed by atoms with Crippen LogP contribution in [0, 0.1) is 0 Å². The smallest absolute Gasteiger partial charge is 0.344 e. The highest BCUT2D eigenvalue weighted by molar-refractivity contribution is 5.98. The van der Waals surface area contributed by atoms with Crippen molar-refractivity contribution in [1.82, 2.24) is 0 Å². The molecule has 0 spiro atoms. The van der Waals surface area contributed by atoms with Crippen LogP contribution in [0.25, 0.3) is 11.0 Å². The fraction of sp³-hybridized carbons (Fsp3) is 0.267. The Bertz CT molecular complexity index is 1740. The number of hydrogen-bond donors (Lipinski definition) is 1. The Morgan fingerprint density at radius 3 is 2.14 bits per heavy atom. The molecule has 0 fully saturated rings. The SMILES string of the molecule is COc1cc(NC(=O)[C@@H]2Oc3c(c(=O)oc4ccccc34)[C@@H]2c2cc(OC)c3c(c2OC)OCO3)cc(OC)c1OC. The summed E-state index contributed by atoms with van der Waals surface area (Å²) >= 11 is 0. The maximum Gasteiger partial charge on any atom is 0.344 e. The van der Waals surface area contributed by atoms with Crippen molar-refractivity contribution in [2.24, 2.45) is 0 Å². The maximum absolute atomic E-state index is 14.0. The summed E-state index contributed by atoms with van der Waals surface area (Å²) < 4.78 is 50.9. The molecule has 0 aliphatic carbocycles. The summed E-state index contributed by atoms with van der Waals surface area (Å²) in [5.41, 5.74) is 0.569. The minimum absolute atomic E-state index is 0.0545. The first kappa shape index (κ1) is 26.9. The lowest BCUT2D eigenvalue weighted by Gasteiger charge is -2.22. The second kappa shape index (κ2) is 10.6.